The van der Waals surface area contributed by atoms with Gasteiger partial charge in [-0.3, -0.25) is 0 Å². The van der Waals surface area contributed by atoms with Crippen LogP contribution in [0, 0.1) is 0 Å². The van der Waals surface area contributed by atoms with E-state index in [0.717, 1.165) is 0 Å². The van der Waals surface area contributed by atoms with Crippen LogP contribution in [-0.2, 0) is 0 Å². The number of fused-ring (bicyclic) bond motifs is 1. The highest BCUT2D eigenvalue weighted by molar-refractivity contribution is 5.89. The number of nitrogens with one attached hydrogen (secondary N) is 2. The van der Waals surface area contributed by atoms with Crippen LogP contribution in [0.4, 0.5) is 18.9 Å². The van der Waals surface area contributed by atoms with Crippen LogP contribution in [0.5, 0.6) is 17.2 Å². The maximum absolute atomic E-state index is 12.3. The molecule has 2 aromatic carbocycles. The lowest BCUT2D eigenvalue weighted by Gasteiger charge is -2.12. The van der Waals surface area contributed by atoms with Crippen LogP contribution in [0.1, 0.15) is 6.42 Å². The van der Waals surface area contributed by atoms with Gasteiger partial charge in [-0.1, -0.05) is 0 Å². The van der Waals surface area contributed by atoms with Crippen molar-refractivity contribution in [1.82, 2.24) is 9.97 Å². The number of aromatic nitrogens is 2. The molecule has 1 heterocycles. The predicted molar refractivity (Wildman–Crippen MR) is 83.4 cm³/mol. The number of benzene rings is 2. The molecule has 3 N–H and O–H groups in total. The Labute approximate surface area is 135 Å². The van der Waals surface area contributed by atoms with Gasteiger partial charge in [0.1, 0.15) is 22.8 Å². The van der Waals surface area contributed by atoms with Crippen molar-refractivity contribution in [3.8, 4) is 17.2 Å². The molecule has 0 fully saturated rings. The first-order valence-corrected chi connectivity index (χ1v) is 7.15. The second-order valence-corrected chi connectivity index (χ2v) is 5.16. The maximum atomic E-state index is 12.3. The molecule has 0 aliphatic heterocycles. The number of phenols is 1. The first-order valence-electron chi connectivity index (χ1n) is 7.15. The zero-order valence-electron chi connectivity index (χ0n) is 12.4. The van der Waals surface area contributed by atoms with Crippen LogP contribution in [-0.4, -0.2) is 27.8 Å². The highest BCUT2D eigenvalue weighted by Gasteiger charge is 2.26. The summed E-state index contributed by atoms with van der Waals surface area (Å²) in [5.74, 6) is 1.04. The Bertz CT molecular complexity index is 829. The number of hydrogen-bond donors (Lipinski definition) is 3. The van der Waals surface area contributed by atoms with Crippen LogP contribution in [0.15, 0.2) is 42.7 Å². The molecule has 0 aliphatic carbocycles. The normalized spacial score (nSPS) is 11.6. The van der Waals surface area contributed by atoms with Gasteiger partial charge in [-0.15, -0.1) is 0 Å². The van der Waals surface area contributed by atoms with Crippen molar-refractivity contribution >= 4 is 16.7 Å². The van der Waals surface area contributed by atoms with Crippen LogP contribution in [0.3, 0.4) is 0 Å². The highest BCUT2D eigenvalue weighted by Crippen LogP contribution is 2.31. The summed E-state index contributed by atoms with van der Waals surface area (Å²) in [5, 5.41) is 12.0. The smallest absolute Gasteiger partial charge is 0.390 e. The van der Waals surface area contributed by atoms with E-state index >= 15 is 0 Å². The number of nitrogens with zero attached hydrogens (tertiary/aromatic N) is 1. The van der Waals surface area contributed by atoms with Crippen molar-refractivity contribution in [3.05, 3.63) is 42.7 Å². The number of halogens is 3. The van der Waals surface area contributed by atoms with Gasteiger partial charge in [-0.05, 0) is 24.3 Å². The summed E-state index contributed by atoms with van der Waals surface area (Å²) in [6.07, 6.45) is -3.70. The molecular formula is C16H14F3N3O2. The lowest BCUT2D eigenvalue weighted by atomic mass is 10.2. The van der Waals surface area contributed by atoms with E-state index in [1.54, 1.807) is 24.3 Å². The number of H-pyrrole nitrogens is 1. The van der Waals surface area contributed by atoms with Gasteiger partial charge >= 0.3 is 6.18 Å². The maximum Gasteiger partial charge on any atom is 0.390 e. The van der Waals surface area contributed by atoms with Crippen molar-refractivity contribution in [2.24, 2.45) is 0 Å². The molecule has 0 radical (unpaired) electrons. The topological polar surface area (TPSA) is 70.2 Å². The van der Waals surface area contributed by atoms with Gasteiger partial charge in [0.05, 0.1) is 24.0 Å². The lowest BCUT2D eigenvalue weighted by molar-refractivity contribution is -0.131. The van der Waals surface area contributed by atoms with E-state index in [9.17, 15) is 18.3 Å². The predicted octanol–water partition coefficient (Wildman–Crippen LogP) is 4.43. The van der Waals surface area contributed by atoms with Gasteiger partial charge in [-0.2, -0.15) is 13.2 Å². The fraction of sp³-hybridized carbons (Fsp3) is 0.188. The van der Waals surface area contributed by atoms with E-state index in [2.05, 4.69) is 15.3 Å². The summed E-state index contributed by atoms with van der Waals surface area (Å²) in [6, 6.07) is 9.42. The van der Waals surface area contributed by atoms with E-state index in [0.29, 0.717) is 28.2 Å². The van der Waals surface area contributed by atoms with Crippen molar-refractivity contribution < 1.29 is 23.0 Å². The number of anilines is 1. The second kappa shape index (κ2) is 6.31. The minimum absolute atomic E-state index is 0.112. The Balaban J connectivity index is 1.82. The Morgan fingerprint density at radius 3 is 2.58 bits per heavy atom. The third kappa shape index (κ3) is 3.89. The SMILES string of the molecule is Oc1ccc(Oc2cc(NCCC(F)(F)F)c3nc[nH]c3c2)cc1. The van der Waals surface area contributed by atoms with Gasteiger partial charge in [0.15, 0.2) is 0 Å². The number of alkyl halides is 3. The summed E-state index contributed by atoms with van der Waals surface area (Å²) in [4.78, 5) is 7.01. The molecule has 1 aromatic heterocycles. The van der Waals surface area contributed by atoms with Crippen molar-refractivity contribution in [2.45, 2.75) is 12.6 Å². The van der Waals surface area contributed by atoms with E-state index in [4.69, 9.17) is 4.74 Å². The number of rotatable bonds is 5. The third-order valence-corrected chi connectivity index (χ3v) is 3.29. The second-order valence-electron chi connectivity index (χ2n) is 5.16. The fourth-order valence-electron chi connectivity index (χ4n) is 2.21. The molecule has 3 aromatic rings. The molecule has 5 nitrogen and oxygen atoms in total. The van der Waals surface area contributed by atoms with Crippen molar-refractivity contribution in [3.63, 3.8) is 0 Å². The first-order chi connectivity index (χ1) is 11.4. The Hall–Kier alpha value is -2.90. The average molecular weight is 337 g/mol. The fourth-order valence-corrected chi connectivity index (χ4v) is 2.21. The molecule has 0 aliphatic rings. The zero-order chi connectivity index (χ0) is 17.2. The Kier molecular flexibility index (Phi) is 4.20. The van der Waals surface area contributed by atoms with Crippen LogP contribution in [0.2, 0.25) is 0 Å². The summed E-state index contributed by atoms with van der Waals surface area (Å²) >= 11 is 0. The number of ether oxygens (including phenoxy) is 1. The molecule has 0 saturated heterocycles. The van der Waals surface area contributed by atoms with Crippen LogP contribution in [0.25, 0.3) is 11.0 Å². The standard InChI is InChI=1S/C16H14F3N3O2/c17-16(18,19)5-6-20-13-7-12(8-14-15(13)22-9-21-14)24-11-3-1-10(23)2-4-11/h1-4,7-9,20,23H,5-6H2,(H,21,22). The van der Waals surface area contributed by atoms with Crippen molar-refractivity contribution in [1.29, 1.82) is 0 Å². The summed E-state index contributed by atoms with van der Waals surface area (Å²) in [7, 11) is 0. The third-order valence-electron chi connectivity index (χ3n) is 3.29. The van der Waals surface area contributed by atoms with Gasteiger partial charge in [0, 0.05) is 18.7 Å². The number of hydrogen-bond acceptors (Lipinski definition) is 4. The molecule has 0 bridgehead atoms. The van der Waals surface area contributed by atoms with E-state index in [1.807, 2.05) is 0 Å². The number of imidazole rings is 1. The average Bonchev–Trinajstić information content (AvgIpc) is 2.97. The van der Waals surface area contributed by atoms with Gasteiger partial charge < -0.3 is 20.1 Å². The van der Waals surface area contributed by atoms with Gasteiger partial charge in [0.25, 0.3) is 0 Å². The monoisotopic (exact) mass is 337 g/mol. The van der Waals surface area contributed by atoms with Crippen LogP contribution < -0.4 is 10.1 Å². The summed E-state index contributed by atoms with van der Waals surface area (Å²) in [5.41, 5.74) is 1.63. The minimum atomic E-state index is -4.22. The van der Waals surface area contributed by atoms with Gasteiger partial charge in [-0.25, -0.2) is 4.98 Å². The number of aromatic amines is 1. The molecule has 0 saturated carbocycles. The molecule has 24 heavy (non-hydrogen) atoms. The zero-order valence-corrected chi connectivity index (χ0v) is 12.4. The Morgan fingerprint density at radius 1 is 1.12 bits per heavy atom. The molecule has 0 unspecified atom stereocenters. The van der Waals surface area contributed by atoms with Crippen LogP contribution >= 0.6 is 0 Å². The number of phenolic OH excluding ortho intramolecular Hbond substituents is 1. The highest BCUT2D eigenvalue weighted by atomic mass is 19.4. The quantitative estimate of drug-likeness (QED) is 0.644. The van der Waals surface area contributed by atoms with Crippen molar-refractivity contribution in [2.75, 3.05) is 11.9 Å². The molecule has 3 rings (SSSR count). The van der Waals surface area contributed by atoms with E-state index in [1.165, 1.54) is 18.5 Å². The first kappa shape index (κ1) is 16.0. The Morgan fingerprint density at radius 2 is 1.88 bits per heavy atom. The summed E-state index contributed by atoms with van der Waals surface area (Å²) < 4.78 is 42.6. The summed E-state index contributed by atoms with van der Waals surface area (Å²) in [6.45, 7) is -0.256. The molecular weight excluding hydrogens is 323 g/mol. The van der Waals surface area contributed by atoms with Gasteiger partial charge in [0.2, 0.25) is 0 Å². The largest absolute Gasteiger partial charge is 0.508 e. The molecule has 0 spiro atoms. The molecule has 126 valence electrons. The molecule has 0 atom stereocenters. The lowest BCUT2D eigenvalue weighted by Crippen LogP contribution is -2.14. The minimum Gasteiger partial charge on any atom is -0.508 e. The molecule has 8 heteroatoms. The van der Waals surface area contributed by atoms with E-state index < -0.39 is 12.6 Å². The number of aromatic hydroxyl groups is 1. The van der Waals surface area contributed by atoms with E-state index in [-0.39, 0.29) is 12.3 Å². The molecule has 0 amide bonds.